The average Bonchev–Trinajstić information content (AvgIpc) is 3.08. The van der Waals surface area contributed by atoms with Crippen LogP contribution in [-0.2, 0) is 0 Å². The van der Waals surface area contributed by atoms with E-state index in [0.717, 1.165) is 16.8 Å². The number of aromatic nitrogens is 2. The molecule has 0 amide bonds. The van der Waals surface area contributed by atoms with Crippen molar-refractivity contribution in [3.8, 4) is 11.3 Å². The Bertz CT molecular complexity index is 1150. The van der Waals surface area contributed by atoms with Gasteiger partial charge in [-0.1, -0.05) is 58.2 Å². The van der Waals surface area contributed by atoms with Crippen LogP contribution < -0.4 is 0 Å². The Labute approximate surface area is 170 Å². The maximum Gasteiger partial charge on any atom is 0.136 e. The van der Waals surface area contributed by atoms with Gasteiger partial charge in [0.1, 0.15) is 5.71 Å². The van der Waals surface area contributed by atoms with Crippen LogP contribution in [0, 0.1) is 0 Å². The van der Waals surface area contributed by atoms with E-state index in [1.54, 1.807) is 24.4 Å². The molecule has 4 rings (SSSR count). The first-order valence-corrected chi connectivity index (χ1v) is 9.12. The Morgan fingerprint density at radius 2 is 1.63 bits per heavy atom. The lowest BCUT2D eigenvalue weighted by Gasteiger charge is -2.10. The first kappa shape index (κ1) is 17.9. The van der Waals surface area contributed by atoms with Gasteiger partial charge in [0.25, 0.3) is 0 Å². The summed E-state index contributed by atoms with van der Waals surface area (Å²) in [5.41, 5.74) is 3.89. The second-order valence-electron chi connectivity index (χ2n) is 5.84. The van der Waals surface area contributed by atoms with Gasteiger partial charge in [0.05, 0.1) is 33.1 Å². The minimum atomic E-state index is 0.277. The molecule has 0 aliphatic heterocycles. The number of rotatable bonds is 3. The molecule has 0 fully saturated rings. The van der Waals surface area contributed by atoms with Crippen LogP contribution in [-0.4, -0.2) is 20.3 Å². The second-order valence-corrected chi connectivity index (χ2v) is 7.09. The Hall–Kier alpha value is -2.53. The van der Waals surface area contributed by atoms with Crippen molar-refractivity contribution in [2.45, 2.75) is 0 Å². The van der Waals surface area contributed by atoms with E-state index in [1.807, 2.05) is 47.0 Å². The van der Waals surface area contributed by atoms with Crippen LogP contribution in [0.15, 0.2) is 72.1 Å². The molecular formula is C20H12Cl3N3O. The van der Waals surface area contributed by atoms with Crippen LogP contribution in [0.2, 0.25) is 15.1 Å². The van der Waals surface area contributed by atoms with Crippen molar-refractivity contribution in [1.82, 2.24) is 9.38 Å². The monoisotopic (exact) mass is 415 g/mol. The van der Waals surface area contributed by atoms with E-state index in [-0.39, 0.29) is 5.71 Å². The van der Waals surface area contributed by atoms with Crippen molar-refractivity contribution in [2.75, 3.05) is 0 Å². The Kier molecular flexibility index (Phi) is 4.79. The highest BCUT2D eigenvalue weighted by atomic mass is 35.5. The SMILES string of the molecule is O/N=C(\c1c(Cl)cccc1Cl)c1ccc2cnc(-c3ccc(Cl)cc3)cn12. The van der Waals surface area contributed by atoms with Gasteiger partial charge in [-0.3, -0.25) is 4.98 Å². The summed E-state index contributed by atoms with van der Waals surface area (Å²) in [5, 5.41) is 14.6. The molecule has 0 saturated carbocycles. The number of hydrogen-bond acceptors (Lipinski definition) is 3. The van der Waals surface area contributed by atoms with Gasteiger partial charge in [-0.15, -0.1) is 0 Å². The molecule has 0 spiro atoms. The molecule has 2 heterocycles. The topological polar surface area (TPSA) is 49.9 Å². The van der Waals surface area contributed by atoms with Crippen molar-refractivity contribution >= 4 is 46.0 Å². The number of oxime groups is 1. The molecule has 1 N–H and O–H groups in total. The highest BCUT2D eigenvalue weighted by Gasteiger charge is 2.19. The summed E-state index contributed by atoms with van der Waals surface area (Å²) in [7, 11) is 0. The second kappa shape index (κ2) is 7.24. The van der Waals surface area contributed by atoms with Gasteiger partial charge >= 0.3 is 0 Å². The van der Waals surface area contributed by atoms with E-state index in [0.29, 0.717) is 26.3 Å². The zero-order valence-corrected chi connectivity index (χ0v) is 16.0. The van der Waals surface area contributed by atoms with Gasteiger partial charge in [0.15, 0.2) is 0 Å². The van der Waals surface area contributed by atoms with Gasteiger partial charge in [-0.25, -0.2) is 0 Å². The lowest BCUT2D eigenvalue weighted by molar-refractivity contribution is 0.319. The van der Waals surface area contributed by atoms with Gasteiger partial charge in [0, 0.05) is 22.3 Å². The van der Waals surface area contributed by atoms with Gasteiger partial charge in [-0.05, 0) is 36.4 Å². The van der Waals surface area contributed by atoms with Crippen LogP contribution in [0.1, 0.15) is 11.3 Å². The van der Waals surface area contributed by atoms with Gasteiger partial charge in [0.2, 0.25) is 0 Å². The summed E-state index contributed by atoms with van der Waals surface area (Å²) >= 11 is 18.6. The van der Waals surface area contributed by atoms with Crippen molar-refractivity contribution in [3.63, 3.8) is 0 Å². The van der Waals surface area contributed by atoms with E-state index in [4.69, 9.17) is 34.8 Å². The predicted octanol–water partition coefficient (Wildman–Crippen LogP) is 6.19. The van der Waals surface area contributed by atoms with Crippen molar-refractivity contribution in [3.05, 3.63) is 93.3 Å². The highest BCUT2D eigenvalue weighted by molar-refractivity contribution is 6.41. The van der Waals surface area contributed by atoms with E-state index in [1.165, 1.54) is 0 Å². The maximum absolute atomic E-state index is 9.70. The molecule has 0 unspecified atom stereocenters. The molecule has 4 aromatic rings. The number of benzene rings is 2. The van der Waals surface area contributed by atoms with Crippen LogP contribution in [0.4, 0.5) is 0 Å². The first-order chi connectivity index (χ1) is 13.1. The first-order valence-electron chi connectivity index (χ1n) is 7.98. The molecule has 0 aliphatic rings. The molecule has 7 heteroatoms. The predicted molar refractivity (Wildman–Crippen MR) is 110 cm³/mol. The van der Waals surface area contributed by atoms with Crippen LogP contribution in [0.5, 0.6) is 0 Å². The smallest absolute Gasteiger partial charge is 0.136 e. The zero-order chi connectivity index (χ0) is 19.0. The Balaban J connectivity index is 1.89. The number of halogens is 3. The molecular weight excluding hydrogens is 405 g/mol. The minimum absolute atomic E-state index is 0.277. The summed E-state index contributed by atoms with van der Waals surface area (Å²) in [5.74, 6) is 0. The van der Waals surface area contributed by atoms with E-state index in [9.17, 15) is 5.21 Å². The zero-order valence-electron chi connectivity index (χ0n) is 13.8. The quantitative estimate of drug-likeness (QED) is 0.246. The highest BCUT2D eigenvalue weighted by Crippen LogP contribution is 2.29. The number of fused-ring (bicyclic) bond motifs is 1. The van der Waals surface area contributed by atoms with Gasteiger partial charge in [-0.2, -0.15) is 0 Å². The molecule has 0 saturated heterocycles. The van der Waals surface area contributed by atoms with E-state index >= 15 is 0 Å². The fraction of sp³-hybridized carbons (Fsp3) is 0. The molecule has 134 valence electrons. The maximum atomic E-state index is 9.70. The summed E-state index contributed by atoms with van der Waals surface area (Å²) in [4.78, 5) is 4.49. The summed E-state index contributed by atoms with van der Waals surface area (Å²) in [6.45, 7) is 0. The molecule has 4 nitrogen and oxygen atoms in total. The van der Waals surface area contributed by atoms with Crippen molar-refractivity contribution in [1.29, 1.82) is 0 Å². The summed E-state index contributed by atoms with van der Waals surface area (Å²) in [6.07, 6.45) is 3.61. The summed E-state index contributed by atoms with van der Waals surface area (Å²) < 4.78 is 1.88. The lowest BCUT2D eigenvalue weighted by atomic mass is 10.1. The number of nitrogens with zero attached hydrogens (tertiary/aromatic N) is 3. The fourth-order valence-corrected chi connectivity index (χ4v) is 3.62. The lowest BCUT2D eigenvalue weighted by Crippen LogP contribution is -2.09. The molecule has 0 atom stereocenters. The van der Waals surface area contributed by atoms with E-state index < -0.39 is 0 Å². The average molecular weight is 417 g/mol. The van der Waals surface area contributed by atoms with Gasteiger partial charge < -0.3 is 9.61 Å². The Morgan fingerprint density at radius 3 is 2.30 bits per heavy atom. The van der Waals surface area contributed by atoms with Crippen LogP contribution in [0.3, 0.4) is 0 Å². The Morgan fingerprint density at radius 1 is 0.926 bits per heavy atom. The molecule has 0 radical (unpaired) electrons. The third-order valence-corrected chi connectivity index (χ3v) is 5.10. The third kappa shape index (κ3) is 3.28. The molecule has 27 heavy (non-hydrogen) atoms. The van der Waals surface area contributed by atoms with Crippen LogP contribution >= 0.6 is 34.8 Å². The fourth-order valence-electron chi connectivity index (χ4n) is 2.92. The molecule has 2 aromatic carbocycles. The van der Waals surface area contributed by atoms with E-state index in [2.05, 4.69) is 10.1 Å². The summed E-state index contributed by atoms with van der Waals surface area (Å²) in [6, 6.07) is 16.3. The van der Waals surface area contributed by atoms with Crippen molar-refractivity contribution < 1.29 is 5.21 Å². The third-order valence-electron chi connectivity index (χ3n) is 4.22. The molecule has 0 aliphatic carbocycles. The standard InChI is InChI=1S/C20H12Cl3N3O/c21-13-6-4-12(5-7-13)17-11-26-14(10-24-17)8-9-18(26)20(25-27)19-15(22)2-1-3-16(19)23/h1-11,27H/b25-20-. The normalized spacial score (nSPS) is 11.9. The number of hydrogen-bond donors (Lipinski definition) is 1. The molecule has 2 aromatic heterocycles. The minimum Gasteiger partial charge on any atom is -0.410 e. The molecule has 0 bridgehead atoms. The van der Waals surface area contributed by atoms with Crippen LogP contribution in [0.25, 0.3) is 16.8 Å². The largest absolute Gasteiger partial charge is 0.410 e. The van der Waals surface area contributed by atoms with Crippen molar-refractivity contribution in [2.24, 2.45) is 5.16 Å².